The Bertz CT molecular complexity index is 1670. The molecule has 12 heteroatoms. The molecule has 1 saturated heterocycles. The van der Waals surface area contributed by atoms with Crippen molar-refractivity contribution in [3.63, 3.8) is 0 Å². The van der Waals surface area contributed by atoms with Crippen LogP contribution in [0.4, 0.5) is 10.1 Å². The maximum Gasteiger partial charge on any atom is 0.273 e. The SMILES string of the molecule is CCOc1ccccc1N1CCN(C(=O)c2csc(CSc3nnc(-c4ccncc4)n3-c3ccccc3F)n2)CC1. The quantitative estimate of drug-likeness (QED) is 0.203. The first-order valence-corrected chi connectivity index (χ1v) is 15.4. The van der Waals surface area contributed by atoms with Gasteiger partial charge in [-0.1, -0.05) is 36.0 Å². The number of hydrogen-bond acceptors (Lipinski definition) is 9. The van der Waals surface area contributed by atoms with Crippen molar-refractivity contribution in [2.24, 2.45) is 0 Å². The third-order valence-electron chi connectivity index (χ3n) is 6.83. The molecule has 0 N–H and O–H groups in total. The number of halogens is 1. The van der Waals surface area contributed by atoms with Crippen molar-refractivity contribution in [3.8, 4) is 22.8 Å². The molecule has 1 fully saturated rings. The summed E-state index contributed by atoms with van der Waals surface area (Å²) in [4.78, 5) is 26.1. The first kappa shape index (κ1) is 27.9. The number of para-hydroxylation sites is 3. The fourth-order valence-corrected chi connectivity index (χ4v) is 6.54. The lowest BCUT2D eigenvalue weighted by Gasteiger charge is -2.36. The minimum absolute atomic E-state index is 0.0743. The van der Waals surface area contributed by atoms with Crippen molar-refractivity contribution in [2.45, 2.75) is 17.8 Å². The highest BCUT2D eigenvalue weighted by molar-refractivity contribution is 7.98. The predicted octanol–water partition coefficient (Wildman–Crippen LogP) is 5.58. The summed E-state index contributed by atoms with van der Waals surface area (Å²) in [7, 11) is 0. The number of rotatable bonds is 9. The number of ether oxygens (including phenoxy) is 1. The first-order valence-electron chi connectivity index (χ1n) is 13.6. The Morgan fingerprint density at radius 1 is 0.976 bits per heavy atom. The van der Waals surface area contributed by atoms with Crippen molar-refractivity contribution in [2.75, 3.05) is 37.7 Å². The van der Waals surface area contributed by atoms with Crippen molar-refractivity contribution >= 4 is 34.7 Å². The van der Waals surface area contributed by atoms with E-state index in [1.807, 2.05) is 42.2 Å². The molecular weight excluding hydrogens is 574 g/mol. The molecule has 42 heavy (non-hydrogen) atoms. The van der Waals surface area contributed by atoms with E-state index in [-0.39, 0.29) is 11.7 Å². The van der Waals surface area contributed by atoms with Crippen molar-refractivity contribution in [3.05, 3.63) is 95.0 Å². The van der Waals surface area contributed by atoms with Crippen molar-refractivity contribution in [1.82, 2.24) is 29.6 Å². The Morgan fingerprint density at radius 3 is 2.48 bits per heavy atom. The van der Waals surface area contributed by atoms with Gasteiger partial charge in [-0.25, -0.2) is 9.37 Å². The monoisotopic (exact) mass is 601 g/mol. The molecule has 0 atom stereocenters. The van der Waals surface area contributed by atoms with Crippen molar-refractivity contribution < 1.29 is 13.9 Å². The van der Waals surface area contributed by atoms with Gasteiger partial charge in [0.1, 0.15) is 22.3 Å². The number of anilines is 1. The second-order valence-electron chi connectivity index (χ2n) is 9.42. The van der Waals surface area contributed by atoms with E-state index in [1.54, 1.807) is 40.5 Å². The van der Waals surface area contributed by atoms with Gasteiger partial charge < -0.3 is 14.5 Å². The first-order chi connectivity index (χ1) is 20.6. The highest BCUT2D eigenvalue weighted by Crippen LogP contribution is 2.32. The van der Waals surface area contributed by atoms with Crippen LogP contribution >= 0.6 is 23.1 Å². The lowest BCUT2D eigenvalue weighted by atomic mass is 10.2. The van der Waals surface area contributed by atoms with Gasteiger partial charge in [0.2, 0.25) is 0 Å². The molecule has 0 saturated carbocycles. The molecule has 0 bridgehead atoms. The molecule has 2 aromatic carbocycles. The zero-order chi connectivity index (χ0) is 28.9. The average molecular weight is 602 g/mol. The Balaban J connectivity index is 1.13. The number of benzene rings is 2. The molecule has 214 valence electrons. The molecule has 1 aliphatic heterocycles. The number of amides is 1. The highest BCUT2D eigenvalue weighted by atomic mass is 32.2. The summed E-state index contributed by atoms with van der Waals surface area (Å²) in [5, 5.41) is 11.8. The molecule has 0 aliphatic carbocycles. The van der Waals surface area contributed by atoms with Gasteiger partial charge in [-0.2, -0.15) is 0 Å². The number of thiazole rings is 1. The number of carbonyl (C=O) groups is 1. The fraction of sp³-hybridized carbons (Fsp3) is 0.233. The smallest absolute Gasteiger partial charge is 0.273 e. The van der Waals surface area contributed by atoms with Gasteiger partial charge in [0, 0.05) is 49.5 Å². The van der Waals surface area contributed by atoms with Gasteiger partial charge in [-0.05, 0) is 43.3 Å². The second-order valence-corrected chi connectivity index (χ2v) is 11.3. The van der Waals surface area contributed by atoms with E-state index < -0.39 is 0 Å². The van der Waals surface area contributed by atoms with E-state index in [0.29, 0.717) is 60.9 Å². The van der Waals surface area contributed by atoms with Gasteiger partial charge in [-0.15, -0.1) is 21.5 Å². The number of carbonyl (C=O) groups excluding carboxylic acids is 1. The summed E-state index contributed by atoms with van der Waals surface area (Å²) in [5.41, 5.74) is 2.62. The van der Waals surface area contributed by atoms with E-state index in [4.69, 9.17) is 4.74 Å². The lowest BCUT2D eigenvalue weighted by molar-refractivity contribution is 0.0741. The molecule has 4 heterocycles. The van der Waals surface area contributed by atoms with Crippen LogP contribution in [0.5, 0.6) is 5.75 Å². The highest BCUT2D eigenvalue weighted by Gasteiger charge is 2.26. The molecule has 3 aromatic heterocycles. The van der Waals surface area contributed by atoms with Crippen LogP contribution in [0.2, 0.25) is 0 Å². The topological polar surface area (TPSA) is 89.3 Å². The molecular formula is C30H28FN7O2S2. The summed E-state index contributed by atoms with van der Waals surface area (Å²) in [6.45, 7) is 5.21. The van der Waals surface area contributed by atoms with E-state index in [1.165, 1.54) is 29.2 Å². The Hall–Kier alpha value is -4.29. The summed E-state index contributed by atoms with van der Waals surface area (Å²) >= 11 is 2.82. The maximum absolute atomic E-state index is 14.9. The zero-order valence-corrected chi connectivity index (χ0v) is 24.5. The molecule has 1 amide bonds. The van der Waals surface area contributed by atoms with Gasteiger partial charge >= 0.3 is 0 Å². The summed E-state index contributed by atoms with van der Waals surface area (Å²) in [6.07, 6.45) is 3.33. The normalized spacial score (nSPS) is 13.4. The van der Waals surface area contributed by atoms with Crippen LogP contribution in [0.1, 0.15) is 22.4 Å². The fourth-order valence-electron chi connectivity index (χ4n) is 4.81. The molecule has 5 aromatic rings. The maximum atomic E-state index is 14.9. The van der Waals surface area contributed by atoms with Gasteiger partial charge in [0.05, 0.1) is 23.7 Å². The van der Waals surface area contributed by atoms with Crippen LogP contribution in [-0.4, -0.2) is 68.3 Å². The number of aromatic nitrogens is 5. The van der Waals surface area contributed by atoms with Gasteiger partial charge in [0.15, 0.2) is 11.0 Å². The summed E-state index contributed by atoms with van der Waals surface area (Å²) < 4.78 is 22.4. The lowest BCUT2D eigenvalue weighted by Crippen LogP contribution is -2.49. The van der Waals surface area contributed by atoms with Crippen LogP contribution in [0.15, 0.2) is 83.6 Å². The predicted molar refractivity (Wildman–Crippen MR) is 162 cm³/mol. The number of piperazine rings is 1. The summed E-state index contributed by atoms with van der Waals surface area (Å²) in [6, 6.07) is 18.2. The standard InChI is InChI=1S/C30H28FN7O2S2/c1-2-40-26-10-6-5-9-25(26)36-15-17-37(18-16-36)29(39)23-19-41-27(33-23)20-42-30-35-34-28(21-11-13-32-14-12-21)38(30)24-8-4-3-7-22(24)31/h3-14,19H,2,15-18,20H2,1H3. The molecule has 6 rings (SSSR count). The number of nitrogens with zero attached hydrogens (tertiary/aromatic N) is 7. The third-order valence-corrected chi connectivity index (χ3v) is 8.81. The molecule has 0 unspecified atom stereocenters. The second kappa shape index (κ2) is 12.7. The summed E-state index contributed by atoms with van der Waals surface area (Å²) in [5.74, 6) is 1.39. The van der Waals surface area contributed by atoms with E-state index in [9.17, 15) is 9.18 Å². The average Bonchev–Trinajstić information content (AvgIpc) is 3.68. The minimum Gasteiger partial charge on any atom is -0.492 e. The third kappa shape index (κ3) is 5.86. The molecule has 1 aliphatic rings. The molecule has 0 radical (unpaired) electrons. The Kier molecular flexibility index (Phi) is 8.42. The number of hydrogen-bond donors (Lipinski definition) is 0. The number of thioether (sulfide) groups is 1. The Labute approximate surface area is 251 Å². The van der Waals surface area contributed by atoms with E-state index in [2.05, 4.69) is 31.1 Å². The minimum atomic E-state index is -0.377. The van der Waals surface area contributed by atoms with E-state index >= 15 is 0 Å². The van der Waals surface area contributed by atoms with Crippen LogP contribution < -0.4 is 9.64 Å². The molecule has 0 spiro atoms. The largest absolute Gasteiger partial charge is 0.492 e. The van der Waals surface area contributed by atoms with Crippen LogP contribution in [0.3, 0.4) is 0 Å². The number of pyridine rings is 1. The van der Waals surface area contributed by atoms with E-state index in [0.717, 1.165) is 22.0 Å². The van der Waals surface area contributed by atoms with Gasteiger partial charge in [0.25, 0.3) is 5.91 Å². The van der Waals surface area contributed by atoms with Crippen LogP contribution in [0.25, 0.3) is 17.1 Å². The Morgan fingerprint density at radius 2 is 1.71 bits per heavy atom. The van der Waals surface area contributed by atoms with Crippen LogP contribution in [-0.2, 0) is 5.75 Å². The van der Waals surface area contributed by atoms with Crippen LogP contribution in [0, 0.1) is 5.82 Å². The van der Waals surface area contributed by atoms with Crippen molar-refractivity contribution in [1.29, 1.82) is 0 Å². The molecule has 9 nitrogen and oxygen atoms in total. The van der Waals surface area contributed by atoms with Gasteiger partial charge in [-0.3, -0.25) is 14.3 Å². The zero-order valence-electron chi connectivity index (χ0n) is 22.9.